The summed E-state index contributed by atoms with van der Waals surface area (Å²) in [6.45, 7) is 7.06. The third kappa shape index (κ3) is 6.56. The second-order valence-corrected chi connectivity index (χ2v) is 10.4. The molecule has 2 rings (SSSR count). The van der Waals surface area contributed by atoms with Crippen LogP contribution in [0.4, 0.5) is 13.2 Å². The number of halogens is 3. The second kappa shape index (κ2) is 9.63. The van der Waals surface area contributed by atoms with Crippen LogP contribution in [0.25, 0.3) is 0 Å². The zero-order valence-electron chi connectivity index (χ0n) is 18.6. The molecule has 13 heteroatoms. The summed E-state index contributed by atoms with van der Waals surface area (Å²) < 4.78 is 62.9. The number of nitrogens with zero attached hydrogens (tertiary/aromatic N) is 4. The van der Waals surface area contributed by atoms with Crippen LogP contribution in [0.5, 0.6) is 5.75 Å². The van der Waals surface area contributed by atoms with Crippen molar-refractivity contribution in [3.63, 3.8) is 0 Å². The predicted octanol–water partition coefficient (Wildman–Crippen LogP) is 2.66. The number of nitrogens with one attached hydrogen (secondary N) is 1. The Bertz CT molecular complexity index is 913. The van der Waals surface area contributed by atoms with Crippen LogP contribution in [0.1, 0.15) is 52.0 Å². The summed E-state index contributed by atoms with van der Waals surface area (Å²) in [6.07, 6.45) is -1.85. The summed E-state index contributed by atoms with van der Waals surface area (Å²) >= 11 is -1.55. The van der Waals surface area contributed by atoms with Gasteiger partial charge in [0, 0.05) is 11.4 Å². The topological polar surface area (TPSA) is 114 Å². The van der Waals surface area contributed by atoms with E-state index in [0.29, 0.717) is 11.4 Å². The number of rotatable bonds is 8. The van der Waals surface area contributed by atoms with E-state index in [1.807, 2.05) is 0 Å². The highest BCUT2D eigenvalue weighted by Gasteiger charge is 2.36. The molecule has 0 spiro atoms. The molecule has 0 aliphatic carbocycles. The molecule has 178 valence electrons. The second-order valence-electron chi connectivity index (χ2n) is 8.39. The molecule has 1 N–H and O–H groups in total. The molecule has 0 amide bonds. The molecule has 2 aromatic rings. The van der Waals surface area contributed by atoms with Gasteiger partial charge < -0.3 is 14.0 Å². The lowest BCUT2D eigenvalue weighted by atomic mass is 10.1. The quantitative estimate of drug-likeness (QED) is 0.456. The van der Waals surface area contributed by atoms with Gasteiger partial charge in [-0.15, -0.1) is 9.82 Å². The standard InChI is InChI=1S/C19H26F3N5O4S/c1-17(2,3)32(29)25-15(13-8-7-12(9-23-13)31-11-19(20,21)22)14-10-27(26-24-14)18(4,5)16(28)30-6/h7-10,15,25H,11H2,1-6H3/t15?,32-/m0/s1. The summed E-state index contributed by atoms with van der Waals surface area (Å²) in [7, 11) is 1.26. The Labute approximate surface area is 187 Å². The first-order chi connectivity index (χ1) is 14.6. The molecule has 0 aliphatic rings. The summed E-state index contributed by atoms with van der Waals surface area (Å²) in [5.41, 5.74) is -0.530. The van der Waals surface area contributed by atoms with E-state index >= 15 is 0 Å². The first kappa shape index (κ1) is 25.9. The van der Waals surface area contributed by atoms with Crippen molar-refractivity contribution < 1.29 is 32.0 Å². The van der Waals surface area contributed by atoms with E-state index < -0.39 is 46.4 Å². The van der Waals surface area contributed by atoms with Gasteiger partial charge in [0.15, 0.2) is 12.1 Å². The van der Waals surface area contributed by atoms with E-state index in [0.717, 1.165) is 6.20 Å². The van der Waals surface area contributed by atoms with Crippen LogP contribution in [0.2, 0.25) is 0 Å². The Morgan fingerprint density at radius 1 is 1.22 bits per heavy atom. The molecule has 0 fully saturated rings. The summed E-state index contributed by atoms with van der Waals surface area (Å²) in [4.78, 5) is 16.2. The number of pyridine rings is 1. The van der Waals surface area contributed by atoms with Crippen LogP contribution in [-0.4, -0.2) is 55.1 Å². The first-order valence-corrected chi connectivity index (χ1v) is 10.6. The largest absolute Gasteiger partial charge is 0.598 e. The normalized spacial score (nSPS) is 14.7. The maximum absolute atomic E-state index is 12.8. The van der Waals surface area contributed by atoms with Gasteiger partial charge in [0.1, 0.15) is 22.2 Å². The third-order valence-corrected chi connectivity index (χ3v) is 5.87. The van der Waals surface area contributed by atoms with Gasteiger partial charge in [0.25, 0.3) is 0 Å². The summed E-state index contributed by atoms with van der Waals surface area (Å²) in [5.74, 6) is -0.613. The zero-order valence-corrected chi connectivity index (χ0v) is 19.4. The number of hydrogen-bond acceptors (Lipinski definition) is 8. The lowest BCUT2D eigenvalue weighted by Crippen LogP contribution is -2.42. The number of carbonyl (C=O) groups excluding carboxylic acids is 1. The monoisotopic (exact) mass is 477 g/mol. The molecule has 2 heterocycles. The lowest BCUT2D eigenvalue weighted by Gasteiger charge is -2.27. The van der Waals surface area contributed by atoms with Gasteiger partial charge in [-0.1, -0.05) is 5.21 Å². The molecule has 2 aromatic heterocycles. The molecule has 0 aliphatic heterocycles. The Kier molecular flexibility index (Phi) is 7.79. The van der Waals surface area contributed by atoms with E-state index in [2.05, 4.69) is 24.8 Å². The Balaban J connectivity index is 2.37. The molecule has 9 nitrogen and oxygen atoms in total. The minimum Gasteiger partial charge on any atom is -0.598 e. The van der Waals surface area contributed by atoms with Crippen LogP contribution in [0, 0.1) is 0 Å². The molecule has 0 saturated heterocycles. The molecule has 2 atom stereocenters. The van der Waals surface area contributed by atoms with Gasteiger partial charge in [-0.2, -0.15) is 13.2 Å². The van der Waals surface area contributed by atoms with Crippen molar-refractivity contribution in [3.8, 4) is 5.75 Å². The molecule has 32 heavy (non-hydrogen) atoms. The Morgan fingerprint density at radius 3 is 2.38 bits per heavy atom. The van der Waals surface area contributed by atoms with Crippen LogP contribution < -0.4 is 9.46 Å². The number of aromatic nitrogens is 4. The van der Waals surface area contributed by atoms with E-state index in [1.54, 1.807) is 34.6 Å². The molecule has 0 saturated carbocycles. The van der Waals surface area contributed by atoms with Gasteiger partial charge in [-0.3, -0.25) is 4.98 Å². The fraction of sp³-hybridized carbons (Fsp3) is 0.579. The van der Waals surface area contributed by atoms with E-state index in [4.69, 9.17) is 4.74 Å². The maximum Gasteiger partial charge on any atom is 0.422 e. The highest BCUT2D eigenvalue weighted by atomic mass is 32.2. The highest BCUT2D eigenvalue weighted by molar-refractivity contribution is 7.90. The van der Waals surface area contributed by atoms with Crippen molar-refractivity contribution in [2.24, 2.45) is 0 Å². The Hall–Kier alpha value is -2.38. The average molecular weight is 478 g/mol. The number of ether oxygens (including phenoxy) is 2. The number of hydrogen-bond donors (Lipinski definition) is 1. The van der Waals surface area contributed by atoms with Crippen LogP contribution in [-0.2, 0) is 26.4 Å². The maximum atomic E-state index is 12.8. The molecular formula is C19H26F3N5O4S. The summed E-state index contributed by atoms with van der Waals surface area (Å²) in [6, 6.07) is 1.94. The van der Waals surface area contributed by atoms with Gasteiger partial charge in [-0.25, -0.2) is 9.48 Å². The van der Waals surface area contributed by atoms with E-state index in [-0.39, 0.29) is 5.75 Å². The molecular weight excluding hydrogens is 451 g/mol. The van der Waals surface area contributed by atoms with E-state index in [1.165, 1.54) is 30.1 Å². The van der Waals surface area contributed by atoms with Crippen molar-refractivity contribution in [3.05, 3.63) is 35.9 Å². The van der Waals surface area contributed by atoms with Crippen molar-refractivity contribution in [2.75, 3.05) is 13.7 Å². The molecule has 1 unspecified atom stereocenters. The number of methoxy groups -OCH3 is 1. The third-order valence-electron chi connectivity index (χ3n) is 4.30. The number of carbonyl (C=O) groups is 1. The highest BCUT2D eigenvalue weighted by Crippen LogP contribution is 2.27. The fourth-order valence-electron chi connectivity index (χ4n) is 2.39. The summed E-state index contributed by atoms with van der Waals surface area (Å²) in [5, 5.41) is 8.09. The molecule has 0 aromatic carbocycles. The minimum atomic E-state index is -4.47. The minimum absolute atomic E-state index is 0.0720. The van der Waals surface area contributed by atoms with Gasteiger partial charge in [0.2, 0.25) is 0 Å². The number of alkyl halides is 3. The van der Waals surface area contributed by atoms with Crippen LogP contribution >= 0.6 is 0 Å². The molecule has 0 bridgehead atoms. The van der Waals surface area contributed by atoms with E-state index in [9.17, 15) is 22.5 Å². The predicted molar refractivity (Wildman–Crippen MR) is 110 cm³/mol. The number of esters is 1. The van der Waals surface area contributed by atoms with Crippen LogP contribution in [0.3, 0.4) is 0 Å². The van der Waals surface area contributed by atoms with Crippen molar-refractivity contribution in [1.82, 2.24) is 24.7 Å². The zero-order chi connectivity index (χ0) is 24.3. The first-order valence-electron chi connectivity index (χ1n) is 9.50. The van der Waals surface area contributed by atoms with Crippen molar-refractivity contribution >= 4 is 17.3 Å². The van der Waals surface area contributed by atoms with Crippen LogP contribution in [0.15, 0.2) is 24.5 Å². The Morgan fingerprint density at radius 2 is 1.88 bits per heavy atom. The smallest absolute Gasteiger partial charge is 0.422 e. The van der Waals surface area contributed by atoms with Crippen molar-refractivity contribution in [2.45, 2.75) is 57.1 Å². The van der Waals surface area contributed by atoms with Crippen molar-refractivity contribution in [1.29, 1.82) is 0 Å². The lowest BCUT2D eigenvalue weighted by molar-refractivity contribution is -0.153. The average Bonchev–Trinajstić information content (AvgIpc) is 3.19. The van der Waals surface area contributed by atoms with Gasteiger partial charge in [0.05, 0.1) is 25.2 Å². The molecule has 0 radical (unpaired) electrons. The van der Waals surface area contributed by atoms with Gasteiger partial charge >= 0.3 is 12.1 Å². The SMILES string of the molecule is COC(=O)C(C)(C)n1cc(C(N[S@@+]([O-])C(C)(C)C)c2ccc(OCC(F)(F)F)cn2)nn1. The fourth-order valence-corrected chi connectivity index (χ4v) is 3.20. The van der Waals surface area contributed by atoms with Gasteiger partial charge in [-0.05, 0) is 46.8 Å².